The molecule has 0 amide bonds. The fourth-order valence-electron chi connectivity index (χ4n) is 2.74. The van der Waals surface area contributed by atoms with Gasteiger partial charge in [-0.3, -0.25) is 4.79 Å². The van der Waals surface area contributed by atoms with Crippen LogP contribution < -0.4 is 4.90 Å². The second-order valence-electron chi connectivity index (χ2n) is 5.27. The fraction of sp³-hybridized carbons (Fsp3) is 0.211. The van der Waals surface area contributed by atoms with Crippen molar-refractivity contribution in [1.29, 1.82) is 0 Å². The Kier molecular flexibility index (Phi) is 3.75. The van der Waals surface area contributed by atoms with Gasteiger partial charge in [0.25, 0.3) is 0 Å². The van der Waals surface area contributed by atoms with Crippen molar-refractivity contribution in [2.75, 3.05) is 11.4 Å². The molecule has 0 atom stereocenters. The number of rotatable bonds is 2. The predicted molar refractivity (Wildman–Crippen MR) is 85.2 cm³/mol. The van der Waals surface area contributed by atoms with E-state index in [0.717, 1.165) is 25.1 Å². The molecular weight excluding hydrogens is 258 g/mol. The van der Waals surface area contributed by atoms with Crippen LogP contribution in [0.5, 0.6) is 0 Å². The topological polar surface area (TPSA) is 20.3 Å². The molecule has 2 aromatic rings. The molecule has 1 aliphatic heterocycles. The first-order valence-electron chi connectivity index (χ1n) is 7.17. The molecule has 0 saturated heterocycles. The van der Waals surface area contributed by atoms with Gasteiger partial charge < -0.3 is 4.90 Å². The van der Waals surface area contributed by atoms with Gasteiger partial charge in [-0.1, -0.05) is 42.3 Å². The molecule has 0 N–H and O–H groups in total. The van der Waals surface area contributed by atoms with Crippen molar-refractivity contribution in [2.24, 2.45) is 0 Å². The highest BCUT2D eigenvalue weighted by atomic mass is 16.1. The van der Waals surface area contributed by atoms with Gasteiger partial charge in [-0.05, 0) is 35.6 Å². The number of carbonyl (C=O) groups excluding carboxylic acids is 1. The molecule has 0 spiro atoms. The van der Waals surface area contributed by atoms with Crippen molar-refractivity contribution in [3.05, 3.63) is 65.2 Å². The zero-order chi connectivity index (χ0) is 14.7. The third-order valence-corrected chi connectivity index (χ3v) is 3.71. The largest absolute Gasteiger partial charge is 0.367 e. The maximum absolute atomic E-state index is 11.0. The molecule has 0 radical (unpaired) electrons. The van der Waals surface area contributed by atoms with Crippen LogP contribution in [0.15, 0.2) is 48.5 Å². The zero-order valence-electron chi connectivity index (χ0n) is 12.1. The van der Waals surface area contributed by atoms with E-state index >= 15 is 0 Å². The van der Waals surface area contributed by atoms with Gasteiger partial charge in [0.2, 0.25) is 5.78 Å². The second-order valence-corrected chi connectivity index (χ2v) is 5.27. The van der Waals surface area contributed by atoms with Crippen molar-refractivity contribution in [2.45, 2.75) is 19.9 Å². The average Bonchev–Trinajstić information content (AvgIpc) is 2.90. The Hall–Kier alpha value is -2.53. The molecule has 0 fully saturated rings. The summed E-state index contributed by atoms with van der Waals surface area (Å²) < 4.78 is 0. The number of carbonyl (C=O) groups is 1. The number of hydrogen-bond acceptors (Lipinski definition) is 2. The number of fused-ring (bicyclic) bond motifs is 1. The fourth-order valence-corrected chi connectivity index (χ4v) is 2.74. The average molecular weight is 275 g/mol. The van der Waals surface area contributed by atoms with Gasteiger partial charge in [0.05, 0.1) is 0 Å². The Morgan fingerprint density at radius 2 is 1.95 bits per heavy atom. The summed E-state index contributed by atoms with van der Waals surface area (Å²) in [6.07, 6.45) is 0.991. The van der Waals surface area contributed by atoms with E-state index in [1.165, 1.54) is 23.7 Å². The van der Waals surface area contributed by atoms with E-state index in [9.17, 15) is 4.79 Å². The Balaban J connectivity index is 1.88. The zero-order valence-corrected chi connectivity index (χ0v) is 12.1. The molecule has 2 aromatic carbocycles. The minimum Gasteiger partial charge on any atom is -0.367 e. The van der Waals surface area contributed by atoms with Crippen molar-refractivity contribution < 1.29 is 4.79 Å². The summed E-state index contributed by atoms with van der Waals surface area (Å²) in [5.41, 5.74) is 4.81. The number of nitrogens with zero attached hydrogens (tertiary/aromatic N) is 1. The van der Waals surface area contributed by atoms with E-state index in [0.29, 0.717) is 0 Å². The SMILES string of the molecule is CC(=O)C#Cc1cccc2c1CCN2Cc1ccccc1. The molecule has 1 aliphatic rings. The highest BCUT2D eigenvalue weighted by Gasteiger charge is 2.20. The van der Waals surface area contributed by atoms with E-state index in [4.69, 9.17) is 0 Å². The van der Waals surface area contributed by atoms with Crippen LogP contribution in [-0.4, -0.2) is 12.3 Å². The minimum absolute atomic E-state index is 0.0910. The van der Waals surface area contributed by atoms with Crippen LogP contribution in [0.4, 0.5) is 5.69 Å². The monoisotopic (exact) mass is 275 g/mol. The van der Waals surface area contributed by atoms with E-state index in [1.54, 1.807) is 0 Å². The molecular formula is C19H17NO. The number of hydrogen-bond donors (Lipinski definition) is 0. The summed E-state index contributed by atoms with van der Waals surface area (Å²) in [6.45, 7) is 3.41. The lowest BCUT2D eigenvalue weighted by atomic mass is 10.1. The van der Waals surface area contributed by atoms with Crippen LogP contribution in [0.25, 0.3) is 0 Å². The van der Waals surface area contributed by atoms with Gasteiger partial charge in [-0.25, -0.2) is 0 Å². The van der Waals surface area contributed by atoms with Crippen molar-refractivity contribution in [3.63, 3.8) is 0 Å². The number of Topliss-reactive ketones (excluding diaryl/α,β-unsaturated/α-hetero) is 1. The van der Waals surface area contributed by atoms with Gasteiger partial charge >= 0.3 is 0 Å². The molecule has 2 nitrogen and oxygen atoms in total. The van der Waals surface area contributed by atoms with Gasteiger partial charge in [-0.15, -0.1) is 0 Å². The Morgan fingerprint density at radius 3 is 2.71 bits per heavy atom. The lowest BCUT2D eigenvalue weighted by Gasteiger charge is -2.19. The summed E-state index contributed by atoms with van der Waals surface area (Å²) in [5.74, 6) is 5.56. The molecule has 3 rings (SSSR count). The lowest BCUT2D eigenvalue weighted by Crippen LogP contribution is -2.19. The first kappa shape index (κ1) is 13.5. The third-order valence-electron chi connectivity index (χ3n) is 3.71. The quantitative estimate of drug-likeness (QED) is 0.785. The maximum atomic E-state index is 11.0. The van der Waals surface area contributed by atoms with Gasteiger partial charge in [0.15, 0.2) is 0 Å². The molecule has 0 bridgehead atoms. The Morgan fingerprint density at radius 1 is 1.14 bits per heavy atom. The van der Waals surface area contributed by atoms with Crippen molar-refractivity contribution in [3.8, 4) is 11.8 Å². The lowest BCUT2D eigenvalue weighted by molar-refractivity contribution is -0.111. The molecule has 0 aromatic heterocycles. The number of anilines is 1. The van der Waals surface area contributed by atoms with Crippen LogP contribution in [0, 0.1) is 11.8 Å². The maximum Gasteiger partial charge on any atom is 0.202 e. The normalized spacial score (nSPS) is 12.5. The van der Waals surface area contributed by atoms with Gasteiger partial charge in [-0.2, -0.15) is 0 Å². The van der Waals surface area contributed by atoms with Gasteiger partial charge in [0.1, 0.15) is 0 Å². The highest BCUT2D eigenvalue weighted by Crippen LogP contribution is 2.31. The van der Waals surface area contributed by atoms with Crippen LogP contribution in [0.3, 0.4) is 0 Å². The number of ketones is 1. The molecule has 0 aliphatic carbocycles. The van der Waals surface area contributed by atoms with Crippen molar-refractivity contribution in [1.82, 2.24) is 0 Å². The summed E-state index contributed by atoms with van der Waals surface area (Å²) >= 11 is 0. The van der Waals surface area contributed by atoms with E-state index < -0.39 is 0 Å². The summed E-state index contributed by atoms with van der Waals surface area (Å²) in [5, 5.41) is 0. The first-order valence-corrected chi connectivity index (χ1v) is 7.17. The predicted octanol–water partition coefficient (Wildman–Crippen LogP) is 3.19. The molecule has 0 unspecified atom stereocenters. The molecule has 0 saturated carbocycles. The smallest absolute Gasteiger partial charge is 0.202 e. The van der Waals surface area contributed by atoms with E-state index in [1.807, 2.05) is 18.2 Å². The summed E-state index contributed by atoms with van der Waals surface area (Å²) in [6, 6.07) is 16.6. The van der Waals surface area contributed by atoms with Gasteiger partial charge in [0, 0.05) is 31.3 Å². The van der Waals surface area contributed by atoms with Crippen LogP contribution in [0.1, 0.15) is 23.6 Å². The molecule has 1 heterocycles. The van der Waals surface area contributed by atoms with Crippen LogP contribution in [-0.2, 0) is 17.8 Å². The Bertz CT molecular complexity index is 722. The minimum atomic E-state index is -0.0910. The summed E-state index contributed by atoms with van der Waals surface area (Å²) in [4.78, 5) is 13.4. The third kappa shape index (κ3) is 2.98. The number of benzene rings is 2. The summed E-state index contributed by atoms with van der Waals surface area (Å²) in [7, 11) is 0. The first-order chi connectivity index (χ1) is 10.2. The highest BCUT2D eigenvalue weighted by molar-refractivity contribution is 5.94. The second kappa shape index (κ2) is 5.85. The molecule has 2 heteroatoms. The standard InChI is InChI=1S/C19H17NO/c1-15(21)10-11-17-8-5-9-19-18(17)12-13-20(19)14-16-6-3-2-4-7-16/h2-9H,12-14H2,1H3. The Labute approximate surface area is 125 Å². The van der Waals surface area contributed by atoms with Crippen LogP contribution >= 0.6 is 0 Å². The van der Waals surface area contributed by atoms with E-state index in [2.05, 4.69) is 47.1 Å². The van der Waals surface area contributed by atoms with Crippen molar-refractivity contribution >= 4 is 11.5 Å². The van der Waals surface area contributed by atoms with Crippen LogP contribution in [0.2, 0.25) is 0 Å². The van der Waals surface area contributed by atoms with E-state index in [-0.39, 0.29) is 5.78 Å². The molecule has 104 valence electrons. The molecule has 21 heavy (non-hydrogen) atoms.